The van der Waals surface area contributed by atoms with Crippen LogP contribution in [0.1, 0.15) is 19.3 Å². The predicted octanol–water partition coefficient (Wildman–Crippen LogP) is 1.14. The Morgan fingerprint density at radius 2 is 2.38 bits per heavy atom. The molecule has 0 atom stereocenters. The molecule has 13 heavy (non-hydrogen) atoms. The van der Waals surface area contributed by atoms with Crippen molar-refractivity contribution < 1.29 is 9.90 Å². The van der Waals surface area contributed by atoms with Crippen LogP contribution in [0.2, 0.25) is 0 Å². The van der Waals surface area contributed by atoms with Crippen LogP contribution in [0.5, 0.6) is 0 Å². The third-order valence-corrected chi connectivity index (χ3v) is 2.81. The number of hydrogen-bond acceptors (Lipinski definition) is 2. The summed E-state index contributed by atoms with van der Waals surface area (Å²) in [4.78, 5) is 14.9. The van der Waals surface area contributed by atoms with Crippen LogP contribution in [-0.2, 0) is 11.3 Å². The van der Waals surface area contributed by atoms with E-state index in [2.05, 4.69) is 4.98 Å². The molecule has 70 valence electrons. The molecule has 1 heterocycles. The highest BCUT2D eigenvalue weighted by molar-refractivity contribution is 5.75. The van der Waals surface area contributed by atoms with Crippen LogP contribution in [0.4, 0.5) is 0 Å². The van der Waals surface area contributed by atoms with Gasteiger partial charge < -0.3 is 9.67 Å². The largest absolute Gasteiger partial charge is 0.481 e. The molecule has 0 aromatic carbocycles. The summed E-state index contributed by atoms with van der Waals surface area (Å²) in [5.74, 6) is -0.674. The molecule has 1 aliphatic rings. The lowest BCUT2D eigenvalue weighted by molar-refractivity contribution is -0.155. The molecule has 0 radical (unpaired) electrons. The van der Waals surface area contributed by atoms with Gasteiger partial charge in [-0.15, -0.1) is 0 Å². The summed E-state index contributed by atoms with van der Waals surface area (Å²) in [5, 5.41) is 9.05. The molecule has 4 heteroatoms. The summed E-state index contributed by atoms with van der Waals surface area (Å²) in [6, 6.07) is 0. The Bertz CT molecular complexity index is 301. The van der Waals surface area contributed by atoms with E-state index in [-0.39, 0.29) is 0 Å². The van der Waals surface area contributed by atoms with Crippen molar-refractivity contribution in [1.29, 1.82) is 0 Å². The number of aromatic nitrogens is 2. The van der Waals surface area contributed by atoms with Crippen molar-refractivity contribution in [2.75, 3.05) is 0 Å². The topological polar surface area (TPSA) is 55.1 Å². The molecule has 0 saturated heterocycles. The first kappa shape index (κ1) is 8.29. The van der Waals surface area contributed by atoms with Crippen LogP contribution >= 0.6 is 0 Å². The smallest absolute Gasteiger partial charge is 0.311 e. The zero-order valence-corrected chi connectivity index (χ0v) is 7.31. The molecule has 0 spiro atoms. The van der Waals surface area contributed by atoms with Crippen LogP contribution in [0.25, 0.3) is 0 Å². The molecule has 1 aromatic rings. The first-order valence-electron chi connectivity index (χ1n) is 4.42. The van der Waals surface area contributed by atoms with Crippen molar-refractivity contribution >= 4 is 5.97 Å². The van der Waals surface area contributed by atoms with E-state index in [9.17, 15) is 4.79 Å². The quantitative estimate of drug-likeness (QED) is 0.758. The molecule has 1 N–H and O–H groups in total. The van der Waals surface area contributed by atoms with Crippen molar-refractivity contribution in [3.63, 3.8) is 0 Å². The zero-order valence-electron chi connectivity index (χ0n) is 7.31. The number of aliphatic carboxylic acids is 1. The Hall–Kier alpha value is -1.32. The summed E-state index contributed by atoms with van der Waals surface area (Å²) in [6.45, 7) is 0.558. The lowest BCUT2D eigenvalue weighted by Gasteiger charge is -2.37. The minimum atomic E-state index is -0.674. The van der Waals surface area contributed by atoms with Crippen LogP contribution in [0.3, 0.4) is 0 Å². The van der Waals surface area contributed by atoms with Gasteiger partial charge in [0, 0.05) is 18.9 Å². The minimum Gasteiger partial charge on any atom is -0.481 e. The molecule has 2 rings (SSSR count). The van der Waals surface area contributed by atoms with Gasteiger partial charge in [0.15, 0.2) is 0 Å². The first-order valence-corrected chi connectivity index (χ1v) is 4.42. The number of carboxylic acid groups (broad SMARTS) is 1. The van der Waals surface area contributed by atoms with Gasteiger partial charge in [0.05, 0.1) is 11.7 Å². The molecular formula is C9H12N2O2. The highest BCUT2D eigenvalue weighted by Crippen LogP contribution is 2.42. The third kappa shape index (κ3) is 1.32. The average Bonchev–Trinajstić information content (AvgIpc) is 2.47. The fourth-order valence-corrected chi connectivity index (χ4v) is 1.77. The molecule has 4 nitrogen and oxygen atoms in total. The maximum Gasteiger partial charge on any atom is 0.311 e. The van der Waals surface area contributed by atoms with E-state index in [1.54, 1.807) is 12.5 Å². The summed E-state index contributed by atoms with van der Waals surface area (Å²) in [7, 11) is 0. The standard InChI is InChI=1S/C9H12N2O2/c12-8(13)9(2-1-3-9)6-11-5-4-10-7-11/h4-5,7H,1-3,6H2,(H,12,13). The Labute approximate surface area is 76.2 Å². The molecule has 1 aromatic heterocycles. The number of rotatable bonds is 3. The molecule has 0 bridgehead atoms. The van der Waals surface area contributed by atoms with Gasteiger partial charge in [-0.1, -0.05) is 6.42 Å². The maximum atomic E-state index is 11.0. The van der Waals surface area contributed by atoms with Gasteiger partial charge in [-0.3, -0.25) is 4.79 Å². The Kier molecular flexibility index (Phi) is 1.83. The summed E-state index contributed by atoms with van der Waals surface area (Å²) < 4.78 is 1.84. The number of carbonyl (C=O) groups is 1. The molecule has 1 aliphatic carbocycles. The summed E-state index contributed by atoms with van der Waals surface area (Å²) >= 11 is 0. The minimum absolute atomic E-state index is 0.513. The van der Waals surface area contributed by atoms with Crippen molar-refractivity contribution in [1.82, 2.24) is 9.55 Å². The molecule has 0 amide bonds. The van der Waals surface area contributed by atoms with Crippen LogP contribution in [0.15, 0.2) is 18.7 Å². The first-order chi connectivity index (χ1) is 6.23. The monoisotopic (exact) mass is 180 g/mol. The van der Waals surface area contributed by atoms with E-state index < -0.39 is 11.4 Å². The van der Waals surface area contributed by atoms with Gasteiger partial charge in [0.1, 0.15) is 0 Å². The zero-order chi connectivity index (χ0) is 9.31. The Morgan fingerprint density at radius 3 is 2.77 bits per heavy atom. The van der Waals surface area contributed by atoms with E-state index in [1.165, 1.54) is 0 Å². The number of imidazole rings is 1. The number of nitrogens with zero attached hydrogens (tertiary/aromatic N) is 2. The highest BCUT2D eigenvalue weighted by Gasteiger charge is 2.44. The second-order valence-corrected chi connectivity index (χ2v) is 3.67. The van der Waals surface area contributed by atoms with E-state index in [0.29, 0.717) is 6.54 Å². The van der Waals surface area contributed by atoms with Crippen molar-refractivity contribution in [3.8, 4) is 0 Å². The number of hydrogen-bond donors (Lipinski definition) is 1. The molecule has 0 unspecified atom stereocenters. The number of carboxylic acids is 1. The Morgan fingerprint density at radius 1 is 1.62 bits per heavy atom. The molecule has 1 fully saturated rings. The normalized spacial score (nSPS) is 19.4. The average molecular weight is 180 g/mol. The lowest BCUT2D eigenvalue weighted by Crippen LogP contribution is -2.41. The molecule has 0 aliphatic heterocycles. The third-order valence-electron chi connectivity index (χ3n) is 2.81. The van der Waals surface area contributed by atoms with Crippen molar-refractivity contribution in [2.24, 2.45) is 5.41 Å². The SMILES string of the molecule is O=C(O)C1(Cn2ccnc2)CCC1. The van der Waals surface area contributed by atoms with Crippen molar-refractivity contribution in [2.45, 2.75) is 25.8 Å². The maximum absolute atomic E-state index is 11.0. The van der Waals surface area contributed by atoms with Gasteiger partial charge >= 0.3 is 5.97 Å². The fourth-order valence-electron chi connectivity index (χ4n) is 1.77. The molecule has 1 saturated carbocycles. The van der Waals surface area contributed by atoms with Gasteiger partial charge in [-0.25, -0.2) is 4.98 Å². The van der Waals surface area contributed by atoms with Crippen LogP contribution in [-0.4, -0.2) is 20.6 Å². The highest BCUT2D eigenvalue weighted by atomic mass is 16.4. The van der Waals surface area contributed by atoms with E-state index >= 15 is 0 Å². The van der Waals surface area contributed by atoms with Crippen LogP contribution in [0, 0.1) is 5.41 Å². The Balaban J connectivity index is 2.11. The van der Waals surface area contributed by atoms with E-state index in [1.807, 2.05) is 10.8 Å². The predicted molar refractivity (Wildman–Crippen MR) is 46.1 cm³/mol. The second kappa shape index (κ2) is 2.87. The van der Waals surface area contributed by atoms with Gasteiger partial charge in [0.25, 0.3) is 0 Å². The van der Waals surface area contributed by atoms with Gasteiger partial charge in [-0.2, -0.15) is 0 Å². The fraction of sp³-hybridized carbons (Fsp3) is 0.556. The van der Waals surface area contributed by atoms with Gasteiger partial charge in [-0.05, 0) is 12.8 Å². The lowest BCUT2D eigenvalue weighted by atomic mass is 9.69. The molecular weight excluding hydrogens is 168 g/mol. The second-order valence-electron chi connectivity index (χ2n) is 3.67. The van der Waals surface area contributed by atoms with Crippen LogP contribution < -0.4 is 0 Å². The van der Waals surface area contributed by atoms with E-state index in [4.69, 9.17) is 5.11 Å². The van der Waals surface area contributed by atoms with Crippen molar-refractivity contribution in [3.05, 3.63) is 18.7 Å². The summed E-state index contributed by atoms with van der Waals surface area (Å²) in [5.41, 5.74) is -0.513. The van der Waals surface area contributed by atoms with Gasteiger partial charge in [0.2, 0.25) is 0 Å². The van der Waals surface area contributed by atoms with E-state index in [0.717, 1.165) is 19.3 Å². The summed E-state index contributed by atoms with van der Waals surface area (Å²) in [6.07, 6.45) is 7.77.